The molecular formula is C24H26N2O5. The molecule has 2 heterocycles. The van der Waals surface area contributed by atoms with Crippen LogP contribution in [0.1, 0.15) is 36.9 Å². The fourth-order valence-electron chi connectivity index (χ4n) is 3.76. The molecule has 2 aliphatic heterocycles. The van der Waals surface area contributed by atoms with Crippen LogP contribution in [0.2, 0.25) is 0 Å². The van der Waals surface area contributed by atoms with Crippen molar-refractivity contribution in [2.45, 2.75) is 38.5 Å². The Morgan fingerprint density at radius 2 is 2.00 bits per heavy atom. The van der Waals surface area contributed by atoms with Crippen LogP contribution in [0.5, 0.6) is 5.75 Å². The Morgan fingerprint density at radius 1 is 1.16 bits per heavy atom. The van der Waals surface area contributed by atoms with Gasteiger partial charge in [0, 0.05) is 12.3 Å². The van der Waals surface area contributed by atoms with Crippen molar-refractivity contribution in [2.75, 3.05) is 13.2 Å². The molecule has 2 amide bonds. The Hall–Kier alpha value is -3.32. The van der Waals surface area contributed by atoms with Crippen molar-refractivity contribution in [3.63, 3.8) is 0 Å². The van der Waals surface area contributed by atoms with Gasteiger partial charge in [-0.25, -0.2) is 9.59 Å². The molecule has 1 saturated heterocycles. The molecule has 2 atom stereocenters. The minimum absolute atomic E-state index is 0.0656. The third kappa shape index (κ3) is 5.24. The summed E-state index contributed by atoms with van der Waals surface area (Å²) in [7, 11) is 0. The summed E-state index contributed by atoms with van der Waals surface area (Å²) in [6.45, 7) is 3.02. The summed E-state index contributed by atoms with van der Waals surface area (Å²) < 4.78 is 17.0. The zero-order chi connectivity index (χ0) is 21.6. The molecule has 2 aliphatic rings. The first-order valence-corrected chi connectivity index (χ1v) is 10.4. The number of amides is 2. The minimum Gasteiger partial charge on any atom is -0.489 e. The van der Waals surface area contributed by atoms with Crippen LogP contribution in [0, 0.1) is 0 Å². The molecule has 7 heteroatoms. The number of rotatable bonds is 7. The Kier molecular flexibility index (Phi) is 6.52. The summed E-state index contributed by atoms with van der Waals surface area (Å²) in [5.41, 5.74) is 2.64. The molecule has 4 rings (SSSR count). The Labute approximate surface area is 181 Å². The summed E-state index contributed by atoms with van der Waals surface area (Å²) in [4.78, 5) is 25.0. The van der Waals surface area contributed by atoms with Gasteiger partial charge in [0.25, 0.3) is 0 Å². The molecule has 2 unspecified atom stereocenters. The first kappa shape index (κ1) is 20.9. The lowest BCUT2D eigenvalue weighted by Crippen LogP contribution is -2.45. The van der Waals surface area contributed by atoms with E-state index in [4.69, 9.17) is 14.2 Å². The molecule has 31 heavy (non-hydrogen) atoms. The fraction of sp³-hybridized carbons (Fsp3) is 0.333. The Morgan fingerprint density at radius 3 is 2.77 bits per heavy atom. The topological polar surface area (TPSA) is 85.9 Å². The quantitative estimate of drug-likeness (QED) is 0.666. The fourth-order valence-corrected chi connectivity index (χ4v) is 3.76. The standard InChI is InChI=1S/C24H26N2O5/c1-16-21(23(27)31-15-20-11-6-12-29-20)22(26-24(28)25-16)18-9-5-10-19(13-18)30-14-17-7-3-2-4-8-17/h2-5,7-10,13,20,22H,6,11-12,14-15H2,1H3,(H2,25,26,28). The van der Waals surface area contributed by atoms with Crippen molar-refractivity contribution in [1.29, 1.82) is 0 Å². The highest BCUT2D eigenvalue weighted by atomic mass is 16.6. The maximum Gasteiger partial charge on any atom is 0.338 e. The highest BCUT2D eigenvalue weighted by Gasteiger charge is 2.33. The van der Waals surface area contributed by atoms with E-state index in [1.54, 1.807) is 6.92 Å². The number of hydrogen-bond donors (Lipinski definition) is 2. The van der Waals surface area contributed by atoms with Gasteiger partial charge in [0.15, 0.2) is 0 Å². The van der Waals surface area contributed by atoms with E-state index in [0.717, 1.165) is 24.0 Å². The molecule has 162 valence electrons. The lowest BCUT2D eigenvalue weighted by Gasteiger charge is -2.28. The largest absolute Gasteiger partial charge is 0.489 e. The van der Waals surface area contributed by atoms with Gasteiger partial charge < -0.3 is 24.8 Å². The molecule has 2 aromatic rings. The predicted octanol–water partition coefficient (Wildman–Crippen LogP) is 3.62. The third-order valence-electron chi connectivity index (χ3n) is 5.35. The lowest BCUT2D eigenvalue weighted by atomic mass is 9.95. The van der Waals surface area contributed by atoms with E-state index in [-0.39, 0.29) is 18.7 Å². The number of allylic oxidation sites excluding steroid dienone is 1. The van der Waals surface area contributed by atoms with Crippen LogP contribution in [-0.2, 0) is 20.9 Å². The van der Waals surface area contributed by atoms with Crippen LogP contribution in [0.4, 0.5) is 4.79 Å². The van der Waals surface area contributed by atoms with Gasteiger partial charge in [-0.1, -0.05) is 42.5 Å². The zero-order valence-electron chi connectivity index (χ0n) is 17.4. The number of esters is 1. The third-order valence-corrected chi connectivity index (χ3v) is 5.35. The Balaban J connectivity index is 1.50. The number of ether oxygens (including phenoxy) is 3. The highest BCUT2D eigenvalue weighted by Crippen LogP contribution is 2.30. The molecule has 2 N–H and O–H groups in total. The number of hydrogen-bond acceptors (Lipinski definition) is 5. The van der Waals surface area contributed by atoms with Crippen molar-refractivity contribution < 1.29 is 23.8 Å². The highest BCUT2D eigenvalue weighted by molar-refractivity contribution is 5.95. The monoisotopic (exact) mass is 422 g/mol. The van der Waals surface area contributed by atoms with E-state index in [9.17, 15) is 9.59 Å². The lowest BCUT2D eigenvalue weighted by molar-refractivity contribution is -0.142. The van der Waals surface area contributed by atoms with Crippen molar-refractivity contribution in [3.05, 3.63) is 77.0 Å². The molecule has 0 bridgehead atoms. The molecule has 0 radical (unpaired) electrons. The van der Waals surface area contributed by atoms with Crippen LogP contribution in [0.15, 0.2) is 65.9 Å². The van der Waals surface area contributed by atoms with E-state index in [1.807, 2.05) is 54.6 Å². The molecule has 7 nitrogen and oxygen atoms in total. The van der Waals surface area contributed by atoms with Gasteiger partial charge in [-0.15, -0.1) is 0 Å². The van der Waals surface area contributed by atoms with Crippen molar-refractivity contribution in [2.24, 2.45) is 0 Å². The van der Waals surface area contributed by atoms with E-state index < -0.39 is 12.0 Å². The Bertz CT molecular complexity index is 967. The van der Waals surface area contributed by atoms with E-state index in [2.05, 4.69) is 10.6 Å². The molecular weight excluding hydrogens is 396 g/mol. The summed E-state index contributed by atoms with van der Waals surface area (Å²) in [6.07, 6.45) is 1.79. The predicted molar refractivity (Wildman–Crippen MR) is 114 cm³/mol. The first-order valence-electron chi connectivity index (χ1n) is 10.4. The second-order valence-corrected chi connectivity index (χ2v) is 7.65. The van der Waals surface area contributed by atoms with Crippen molar-refractivity contribution in [3.8, 4) is 5.75 Å². The second kappa shape index (κ2) is 9.66. The van der Waals surface area contributed by atoms with Gasteiger partial charge in [-0.2, -0.15) is 0 Å². The summed E-state index contributed by atoms with van der Waals surface area (Å²) in [5.74, 6) is 0.181. The molecule has 0 saturated carbocycles. The van der Waals surface area contributed by atoms with Gasteiger partial charge in [-0.3, -0.25) is 0 Å². The molecule has 2 aromatic carbocycles. The smallest absolute Gasteiger partial charge is 0.338 e. The zero-order valence-corrected chi connectivity index (χ0v) is 17.4. The molecule has 1 fully saturated rings. The van der Waals surface area contributed by atoms with Crippen molar-refractivity contribution >= 4 is 12.0 Å². The average Bonchev–Trinajstić information content (AvgIpc) is 3.30. The van der Waals surface area contributed by atoms with E-state index in [0.29, 0.717) is 30.2 Å². The van der Waals surface area contributed by atoms with Crippen LogP contribution in [0.25, 0.3) is 0 Å². The van der Waals surface area contributed by atoms with Gasteiger partial charge in [0.05, 0.1) is 17.7 Å². The van der Waals surface area contributed by atoms with Crippen LogP contribution < -0.4 is 15.4 Å². The average molecular weight is 422 g/mol. The molecule has 0 aromatic heterocycles. The number of benzene rings is 2. The minimum atomic E-state index is -0.633. The van der Waals surface area contributed by atoms with Gasteiger partial charge >= 0.3 is 12.0 Å². The number of carbonyl (C=O) groups is 2. The molecule has 0 aliphatic carbocycles. The maximum absolute atomic E-state index is 12.9. The van der Waals surface area contributed by atoms with Gasteiger partial charge in [0.2, 0.25) is 0 Å². The summed E-state index contributed by atoms with van der Waals surface area (Å²) >= 11 is 0. The summed E-state index contributed by atoms with van der Waals surface area (Å²) in [5, 5.41) is 5.49. The van der Waals surface area contributed by atoms with Crippen LogP contribution in [0.3, 0.4) is 0 Å². The summed E-state index contributed by atoms with van der Waals surface area (Å²) in [6, 6.07) is 16.2. The van der Waals surface area contributed by atoms with E-state index in [1.165, 1.54) is 0 Å². The first-order chi connectivity index (χ1) is 15.1. The second-order valence-electron chi connectivity index (χ2n) is 7.65. The SMILES string of the molecule is CC1=C(C(=O)OCC2CCCO2)C(c2cccc(OCc3ccccc3)c2)NC(=O)N1. The van der Waals surface area contributed by atoms with E-state index >= 15 is 0 Å². The van der Waals surface area contributed by atoms with Crippen molar-refractivity contribution in [1.82, 2.24) is 10.6 Å². The van der Waals surface area contributed by atoms with Crippen LogP contribution in [-0.4, -0.2) is 31.3 Å². The number of carbonyl (C=O) groups excluding carboxylic acids is 2. The van der Waals surface area contributed by atoms with Gasteiger partial charge in [0.1, 0.15) is 19.0 Å². The number of urea groups is 1. The normalized spacial score (nSPS) is 20.7. The number of nitrogens with one attached hydrogen (secondary N) is 2. The maximum atomic E-state index is 12.9. The van der Waals surface area contributed by atoms with Gasteiger partial charge in [-0.05, 0) is 43.0 Å². The molecule has 0 spiro atoms. The van der Waals surface area contributed by atoms with Crippen LogP contribution >= 0.6 is 0 Å².